The first-order chi connectivity index (χ1) is 7.09. The first-order valence-corrected chi connectivity index (χ1v) is 10.2. The molecule has 0 aromatic heterocycles. The van der Waals surface area contributed by atoms with Crippen molar-refractivity contribution < 1.29 is 4.79 Å². The fraction of sp³-hybridized carbons (Fsp3) is 0.929. The molecule has 0 amide bonds. The van der Waals surface area contributed by atoms with Crippen molar-refractivity contribution in [3.63, 3.8) is 0 Å². The lowest BCUT2D eigenvalue weighted by molar-refractivity contribution is -0.126. The predicted octanol–water partition coefficient (Wildman–Crippen LogP) is 4.11. The molecule has 0 bridgehead atoms. The van der Waals surface area contributed by atoms with Gasteiger partial charge in [0.25, 0.3) is 0 Å². The van der Waals surface area contributed by atoms with Crippen molar-refractivity contribution in [3.8, 4) is 0 Å². The lowest BCUT2D eigenvalue weighted by atomic mass is 9.73. The van der Waals surface area contributed by atoms with Crippen molar-refractivity contribution in [2.24, 2.45) is 16.7 Å². The zero-order valence-corrected chi connectivity index (χ0v) is 12.7. The minimum Gasteiger partial charge on any atom is -0.299 e. The van der Waals surface area contributed by atoms with Gasteiger partial charge >= 0.3 is 0 Å². The van der Waals surface area contributed by atoms with Crippen LogP contribution in [0.1, 0.15) is 40.0 Å². The molecule has 0 aliphatic heterocycles. The Morgan fingerprint density at radius 1 is 1.12 bits per heavy atom. The summed E-state index contributed by atoms with van der Waals surface area (Å²) in [6.07, 6.45) is 3.24. The Labute approximate surface area is 101 Å². The summed E-state index contributed by atoms with van der Waals surface area (Å²) in [6, 6.07) is 0. The fourth-order valence-electron chi connectivity index (χ4n) is 4.41. The zero-order chi connectivity index (χ0) is 12.4. The third-order valence-electron chi connectivity index (χ3n) is 5.37. The standard InChI is InChI=1S/C14H26OSi/c1-13(2)7-8-14(3)11(15)9-10(12(13)14)16(4,5)6/h10,12H,7-9H2,1-6H3/t10-,12-,14-/m0/s1. The molecule has 0 aromatic carbocycles. The second-order valence-corrected chi connectivity index (χ2v) is 13.5. The van der Waals surface area contributed by atoms with Gasteiger partial charge < -0.3 is 0 Å². The first-order valence-electron chi connectivity index (χ1n) is 6.62. The molecule has 16 heavy (non-hydrogen) atoms. The maximum Gasteiger partial charge on any atom is 0.139 e. The van der Waals surface area contributed by atoms with E-state index < -0.39 is 8.07 Å². The smallest absolute Gasteiger partial charge is 0.139 e. The molecule has 2 rings (SSSR count). The molecule has 92 valence electrons. The largest absolute Gasteiger partial charge is 0.299 e. The molecule has 1 nitrogen and oxygen atoms in total. The van der Waals surface area contributed by atoms with E-state index >= 15 is 0 Å². The minimum absolute atomic E-state index is 0.0223. The number of rotatable bonds is 1. The molecule has 0 N–H and O–H groups in total. The summed E-state index contributed by atoms with van der Waals surface area (Å²) in [5, 5.41) is 0. The lowest BCUT2D eigenvalue weighted by Gasteiger charge is -2.40. The number of fused-ring (bicyclic) bond motifs is 1. The second kappa shape index (κ2) is 3.21. The maximum absolute atomic E-state index is 12.3. The SMILES string of the molecule is CC1(C)CC[C@@]2(C)C(=O)C[C@H]([Si](C)(C)C)[C@@H]12. The molecule has 2 saturated carbocycles. The minimum atomic E-state index is -1.21. The number of hydrogen-bond donors (Lipinski definition) is 0. The van der Waals surface area contributed by atoms with E-state index in [1.807, 2.05) is 0 Å². The van der Waals surface area contributed by atoms with Gasteiger partial charge in [-0.25, -0.2) is 0 Å². The van der Waals surface area contributed by atoms with E-state index in [4.69, 9.17) is 0 Å². The van der Waals surface area contributed by atoms with Crippen LogP contribution in [-0.4, -0.2) is 13.9 Å². The molecule has 0 unspecified atom stereocenters. The van der Waals surface area contributed by atoms with Crippen LogP contribution < -0.4 is 0 Å². The van der Waals surface area contributed by atoms with E-state index in [0.717, 1.165) is 12.8 Å². The predicted molar refractivity (Wildman–Crippen MR) is 71.3 cm³/mol. The third-order valence-corrected chi connectivity index (χ3v) is 8.14. The summed E-state index contributed by atoms with van der Waals surface area (Å²) >= 11 is 0. The second-order valence-electron chi connectivity index (χ2n) is 7.98. The number of ketones is 1. The average molecular weight is 238 g/mol. The quantitative estimate of drug-likeness (QED) is 0.628. The van der Waals surface area contributed by atoms with Crippen LogP contribution >= 0.6 is 0 Å². The van der Waals surface area contributed by atoms with E-state index in [2.05, 4.69) is 40.4 Å². The first kappa shape index (κ1) is 12.3. The highest BCUT2D eigenvalue weighted by atomic mass is 28.3. The summed E-state index contributed by atoms with van der Waals surface area (Å²) in [6.45, 7) is 14.3. The van der Waals surface area contributed by atoms with Crippen LogP contribution in [0.5, 0.6) is 0 Å². The molecule has 0 heterocycles. The van der Waals surface area contributed by atoms with Crippen LogP contribution in [-0.2, 0) is 4.79 Å². The Morgan fingerprint density at radius 2 is 1.69 bits per heavy atom. The molecule has 0 spiro atoms. The molecule has 2 heteroatoms. The van der Waals surface area contributed by atoms with E-state index in [-0.39, 0.29) is 5.41 Å². The molecular weight excluding hydrogens is 212 g/mol. The van der Waals surface area contributed by atoms with Gasteiger partial charge in [-0.1, -0.05) is 40.4 Å². The van der Waals surface area contributed by atoms with Gasteiger partial charge in [0.1, 0.15) is 5.78 Å². The third kappa shape index (κ3) is 1.53. The Bertz CT molecular complexity index is 326. The van der Waals surface area contributed by atoms with Crippen LogP contribution in [0.4, 0.5) is 0 Å². The molecule has 2 aliphatic carbocycles. The molecular formula is C14H26OSi. The number of carbonyl (C=O) groups is 1. The lowest BCUT2D eigenvalue weighted by Crippen LogP contribution is -2.38. The van der Waals surface area contributed by atoms with Crippen molar-refractivity contribution in [2.45, 2.75) is 65.2 Å². The van der Waals surface area contributed by atoms with Crippen LogP contribution in [0, 0.1) is 16.7 Å². The molecule has 3 atom stereocenters. The summed E-state index contributed by atoms with van der Waals surface area (Å²) in [7, 11) is -1.21. The average Bonchev–Trinajstić information content (AvgIpc) is 2.49. The normalized spacial score (nSPS) is 42.5. The van der Waals surface area contributed by atoms with Gasteiger partial charge in [0.05, 0.1) is 0 Å². The molecule has 0 saturated heterocycles. The van der Waals surface area contributed by atoms with Crippen molar-refractivity contribution in [1.82, 2.24) is 0 Å². The van der Waals surface area contributed by atoms with Gasteiger partial charge in [0.2, 0.25) is 0 Å². The topological polar surface area (TPSA) is 17.1 Å². The number of Topliss-reactive ketones (excluding diaryl/α,β-unsaturated/α-hetero) is 1. The van der Waals surface area contributed by atoms with Crippen molar-refractivity contribution in [1.29, 1.82) is 0 Å². The number of hydrogen-bond acceptors (Lipinski definition) is 1. The van der Waals surface area contributed by atoms with Gasteiger partial charge in [0.15, 0.2) is 0 Å². The van der Waals surface area contributed by atoms with Crippen LogP contribution in [0.25, 0.3) is 0 Å². The van der Waals surface area contributed by atoms with Crippen molar-refractivity contribution >= 4 is 13.9 Å². The summed E-state index contributed by atoms with van der Waals surface area (Å²) in [5.74, 6) is 1.22. The van der Waals surface area contributed by atoms with Crippen molar-refractivity contribution in [3.05, 3.63) is 0 Å². The van der Waals surface area contributed by atoms with Crippen LogP contribution in [0.3, 0.4) is 0 Å². The Kier molecular flexibility index (Phi) is 2.48. The van der Waals surface area contributed by atoms with E-state index in [1.165, 1.54) is 6.42 Å². The van der Waals surface area contributed by atoms with Gasteiger partial charge in [-0.15, -0.1) is 0 Å². The molecule has 2 aliphatic rings. The summed E-state index contributed by atoms with van der Waals surface area (Å²) < 4.78 is 0. The summed E-state index contributed by atoms with van der Waals surface area (Å²) in [4.78, 5) is 12.3. The fourth-order valence-corrected chi connectivity index (χ4v) is 7.03. The van der Waals surface area contributed by atoms with Gasteiger partial charge in [-0.05, 0) is 29.7 Å². The molecule has 0 aromatic rings. The Morgan fingerprint density at radius 3 is 2.19 bits per heavy atom. The monoisotopic (exact) mass is 238 g/mol. The Balaban J connectivity index is 2.43. The van der Waals surface area contributed by atoms with E-state index in [1.54, 1.807) is 0 Å². The highest BCUT2D eigenvalue weighted by Crippen LogP contribution is 2.66. The van der Waals surface area contributed by atoms with Crippen LogP contribution in [0.2, 0.25) is 25.2 Å². The van der Waals surface area contributed by atoms with Crippen molar-refractivity contribution in [2.75, 3.05) is 0 Å². The Hall–Kier alpha value is -0.113. The highest BCUT2D eigenvalue weighted by Gasteiger charge is 2.62. The van der Waals surface area contributed by atoms with Gasteiger partial charge in [-0.2, -0.15) is 0 Å². The molecule has 0 radical (unpaired) electrons. The van der Waals surface area contributed by atoms with Crippen LogP contribution in [0.15, 0.2) is 0 Å². The summed E-state index contributed by atoms with van der Waals surface area (Å²) in [5.41, 5.74) is 1.11. The number of carbonyl (C=O) groups excluding carboxylic acids is 1. The van der Waals surface area contributed by atoms with E-state index in [0.29, 0.717) is 22.7 Å². The molecule has 2 fully saturated rings. The van der Waals surface area contributed by atoms with Gasteiger partial charge in [0, 0.05) is 19.9 Å². The van der Waals surface area contributed by atoms with E-state index in [9.17, 15) is 4.79 Å². The maximum atomic E-state index is 12.3. The van der Waals surface area contributed by atoms with Gasteiger partial charge in [-0.3, -0.25) is 4.79 Å². The highest BCUT2D eigenvalue weighted by molar-refractivity contribution is 6.78. The zero-order valence-electron chi connectivity index (χ0n) is 11.7.